The zero-order valence-corrected chi connectivity index (χ0v) is 11.0. The van der Waals surface area contributed by atoms with Crippen LogP contribution in [0.2, 0.25) is 0 Å². The zero-order valence-electron chi connectivity index (χ0n) is 9.17. The molecule has 0 fully saturated rings. The van der Waals surface area contributed by atoms with Gasteiger partial charge in [0.05, 0.1) is 0 Å². The van der Waals surface area contributed by atoms with Gasteiger partial charge in [-0.1, -0.05) is 0 Å². The summed E-state index contributed by atoms with van der Waals surface area (Å²) in [5.41, 5.74) is 7.94. The van der Waals surface area contributed by atoms with Gasteiger partial charge in [-0.25, -0.2) is 0 Å². The number of nitrogens with two attached hydrogens (primary N) is 1. The van der Waals surface area contributed by atoms with Crippen LogP contribution in [-0.4, -0.2) is 16.0 Å². The first-order valence-corrected chi connectivity index (χ1v) is 5.97. The van der Waals surface area contributed by atoms with Gasteiger partial charge >= 0.3 is 106 Å². The van der Waals surface area contributed by atoms with Crippen molar-refractivity contribution in [1.82, 2.24) is 0 Å². The Morgan fingerprint density at radius 2 is 1.76 bits per heavy atom. The number of nitrogen functional groups attached to an aromatic ring is 1. The Morgan fingerprint density at radius 1 is 1.06 bits per heavy atom. The van der Waals surface area contributed by atoms with Crippen LogP contribution in [0, 0.1) is 18.6 Å². The van der Waals surface area contributed by atoms with E-state index in [1.807, 2.05) is 6.92 Å². The Morgan fingerprint density at radius 3 is 2.41 bits per heavy atom. The van der Waals surface area contributed by atoms with Gasteiger partial charge in [-0.2, -0.15) is 0 Å². The van der Waals surface area contributed by atoms with Crippen molar-refractivity contribution in [2.24, 2.45) is 0 Å². The second-order valence-electron chi connectivity index (χ2n) is 3.85. The molecule has 0 unspecified atom stereocenters. The SMILES string of the molecule is Cc1cc(-c2ccc(F)cc2[SeH])c(F)cc1N. The van der Waals surface area contributed by atoms with Crippen molar-refractivity contribution >= 4 is 26.2 Å². The molecule has 0 aliphatic carbocycles. The van der Waals surface area contributed by atoms with Gasteiger partial charge in [-0.05, 0) is 0 Å². The molecule has 2 rings (SSSR count). The predicted molar refractivity (Wildman–Crippen MR) is 67.7 cm³/mol. The van der Waals surface area contributed by atoms with Crippen LogP contribution < -0.4 is 10.2 Å². The summed E-state index contributed by atoms with van der Waals surface area (Å²) in [4.78, 5) is 0. The molecule has 0 atom stereocenters. The van der Waals surface area contributed by atoms with Crippen molar-refractivity contribution < 1.29 is 8.78 Å². The molecule has 0 aliphatic heterocycles. The standard InChI is InChI=1S/C13H11F2NSe/c1-7-4-10(11(15)6-12(7)16)9-3-2-8(14)5-13(9)17/h2-6,17H,16H2,1H3. The molecule has 1 nitrogen and oxygen atoms in total. The van der Waals surface area contributed by atoms with E-state index in [4.69, 9.17) is 5.73 Å². The monoisotopic (exact) mass is 299 g/mol. The quantitative estimate of drug-likeness (QED) is 0.633. The molecule has 0 spiro atoms. The first kappa shape index (κ1) is 12.1. The van der Waals surface area contributed by atoms with Gasteiger partial charge in [0.15, 0.2) is 0 Å². The third kappa shape index (κ3) is 2.33. The van der Waals surface area contributed by atoms with Crippen molar-refractivity contribution in [1.29, 1.82) is 0 Å². The summed E-state index contributed by atoms with van der Waals surface area (Å²) in [6.07, 6.45) is 0. The van der Waals surface area contributed by atoms with Crippen LogP contribution in [0.4, 0.5) is 14.5 Å². The molecule has 2 N–H and O–H groups in total. The van der Waals surface area contributed by atoms with Gasteiger partial charge in [-0.15, -0.1) is 0 Å². The molecule has 0 amide bonds. The molecule has 0 aliphatic rings. The Hall–Kier alpha value is -1.38. The van der Waals surface area contributed by atoms with Crippen molar-refractivity contribution in [3.63, 3.8) is 0 Å². The molecule has 17 heavy (non-hydrogen) atoms. The average molecular weight is 298 g/mol. The van der Waals surface area contributed by atoms with E-state index in [0.717, 1.165) is 5.56 Å². The molecule has 0 radical (unpaired) electrons. The van der Waals surface area contributed by atoms with Crippen molar-refractivity contribution in [3.05, 3.63) is 47.5 Å². The minimum atomic E-state index is -0.396. The number of aryl methyl sites for hydroxylation is 1. The fourth-order valence-electron chi connectivity index (χ4n) is 1.64. The number of hydrogen-bond donors (Lipinski definition) is 1. The Labute approximate surface area is 106 Å². The zero-order chi connectivity index (χ0) is 12.6. The molecule has 0 saturated carbocycles. The maximum atomic E-state index is 13.8. The third-order valence-corrected chi connectivity index (χ3v) is 3.38. The van der Waals surface area contributed by atoms with Gasteiger partial charge in [0.1, 0.15) is 0 Å². The van der Waals surface area contributed by atoms with E-state index in [1.165, 1.54) is 18.2 Å². The maximum absolute atomic E-state index is 13.8. The third-order valence-electron chi connectivity index (χ3n) is 2.61. The van der Waals surface area contributed by atoms with E-state index in [9.17, 15) is 8.78 Å². The van der Waals surface area contributed by atoms with Gasteiger partial charge in [0, 0.05) is 0 Å². The molecule has 4 heteroatoms. The van der Waals surface area contributed by atoms with Gasteiger partial charge in [-0.3, -0.25) is 0 Å². The Kier molecular flexibility index (Phi) is 3.18. The molecule has 2 aromatic rings. The van der Waals surface area contributed by atoms with Crippen LogP contribution in [0.3, 0.4) is 0 Å². The molecular formula is C13H11F2NSe. The van der Waals surface area contributed by atoms with Gasteiger partial charge < -0.3 is 0 Å². The fourth-order valence-corrected chi connectivity index (χ4v) is 2.30. The van der Waals surface area contributed by atoms with E-state index in [0.29, 0.717) is 21.3 Å². The van der Waals surface area contributed by atoms with E-state index >= 15 is 0 Å². The Balaban J connectivity index is 2.64. The molecule has 0 aromatic heterocycles. The van der Waals surface area contributed by atoms with E-state index in [1.54, 1.807) is 12.1 Å². The summed E-state index contributed by atoms with van der Waals surface area (Å²) in [5.74, 6) is -0.732. The van der Waals surface area contributed by atoms with Gasteiger partial charge in [0.25, 0.3) is 0 Å². The number of hydrogen-bond acceptors (Lipinski definition) is 1. The number of halogens is 2. The Bertz CT molecular complexity index is 582. The van der Waals surface area contributed by atoms with E-state index in [2.05, 4.69) is 16.0 Å². The molecule has 0 heterocycles. The number of benzene rings is 2. The number of anilines is 1. The first-order valence-electron chi connectivity index (χ1n) is 5.03. The number of rotatable bonds is 1. The van der Waals surface area contributed by atoms with Gasteiger partial charge in [0.2, 0.25) is 0 Å². The predicted octanol–water partition coefficient (Wildman–Crippen LogP) is 2.05. The normalized spacial score (nSPS) is 10.6. The summed E-state index contributed by atoms with van der Waals surface area (Å²) in [7, 11) is 0. The van der Waals surface area contributed by atoms with Crippen LogP contribution >= 0.6 is 0 Å². The summed E-state index contributed by atoms with van der Waals surface area (Å²) in [5, 5.41) is 0. The topological polar surface area (TPSA) is 26.0 Å². The second-order valence-corrected chi connectivity index (χ2v) is 4.86. The fraction of sp³-hybridized carbons (Fsp3) is 0.0769. The molecule has 0 bridgehead atoms. The van der Waals surface area contributed by atoms with Crippen LogP contribution in [0.5, 0.6) is 0 Å². The molecule has 0 saturated heterocycles. The van der Waals surface area contributed by atoms with Crippen molar-refractivity contribution in [2.75, 3.05) is 5.73 Å². The van der Waals surface area contributed by atoms with Crippen LogP contribution in [-0.2, 0) is 0 Å². The van der Waals surface area contributed by atoms with Crippen LogP contribution in [0.15, 0.2) is 30.3 Å². The van der Waals surface area contributed by atoms with Crippen molar-refractivity contribution in [2.45, 2.75) is 6.92 Å². The summed E-state index contributed by atoms with van der Waals surface area (Å²) < 4.78 is 27.4. The summed E-state index contributed by atoms with van der Waals surface area (Å²) in [6.45, 7) is 1.81. The van der Waals surface area contributed by atoms with E-state index < -0.39 is 5.82 Å². The average Bonchev–Trinajstić information content (AvgIpc) is 2.24. The van der Waals surface area contributed by atoms with Crippen LogP contribution in [0.25, 0.3) is 11.1 Å². The molecular weight excluding hydrogens is 287 g/mol. The molecule has 88 valence electrons. The first-order chi connectivity index (χ1) is 7.99. The van der Waals surface area contributed by atoms with Crippen LogP contribution in [0.1, 0.15) is 5.56 Å². The second kappa shape index (κ2) is 4.47. The van der Waals surface area contributed by atoms with Crippen molar-refractivity contribution in [3.8, 4) is 11.1 Å². The van der Waals surface area contributed by atoms with E-state index in [-0.39, 0.29) is 5.82 Å². The minimum absolute atomic E-state index is 0.336. The summed E-state index contributed by atoms with van der Waals surface area (Å²) >= 11 is 2.24. The summed E-state index contributed by atoms with van der Waals surface area (Å²) in [6, 6.07) is 7.21. The molecule has 2 aromatic carbocycles.